The number of rotatable bonds is 1. The Morgan fingerprint density at radius 2 is 2.00 bits per heavy atom. The van der Waals surface area contributed by atoms with Crippen LogP contribution in [-0.2, 0) is 0 Å². The Kier molecular flexibility index (Phi) is 3.58. The van der Waals surface area contributed by atoms with Crippen molar-refractivity contribution in [2.45, 2.75) is 12.8 Å². The first-order valence-electron chi connectivity index (χ1n) is 3.07. The molecule has 0 nitrogen and oxygen atoms in total. The molecule has 0 aliphatic carbocycles. The summed E-state index contributed by atoms with van der Waals surface area (Å²) < 4.78 is 1.37. The molecule has 2 heteroatoms. The summed E-state index contributed by atoms with van der Waals surface area (Å²) in [6, 6.07) is 0. The molecule has 1 heterocycles. The molecule has 0 aromatic heterocycles. The van der Waals surface area contributed by atoms with Gasteiger partial charge >= 0.3 is 0 Å². The normalized spacial score (nSPS) is 23.6. The molecule has 0 saturated carbocycles. The second-order valence-electron chi connectivity index (χ2n) is 2.21. The highest BCUT2D eigenvalue weighted by Crippen LogP contribution is 2.23. The predicted octanol–water partition coefficient (Wildman–Crippen LogP) is 2.56. The van der Waals surface area contributed by atoms with E-state index in [1.807, 2.05) is 0 Å². The SMILES string of the molecule is ICC1CCSCC1. The minimum Gasteiger partial charge on any atom is -0.162 e. The zero-order valence-corrected chi connectivity index (χ0v) is 7.87. The Morgan fingerprint density at radius 1 is 1.38 bits per heavy atom. The van der Waals surface area contributed by atoms with Crippen LogP contribution in [0.5, 0.6) is 0 Å². The van der Waals surface area contributed by atoms with Crippen LogP contribution in [0.3, 0.4) is 0 Å². The van der Waals surface area contributed by atoms with E-state index in [-0.39, 0.29) is 0 Å². The summed E-state index contributed by atoms with van der Waals surface area (Å²) in [5.41, 5.74) is 0. The van der Waals surface area contributed by atoms with Crippen LogP contribution in [0.4, 0.5) is 0 Å². The van der Waals surface area contributed by atoms with Gasteiger partial charge in [-0.05, 0) is 30.3 Å². The average molecular weight is 242 g/mol. The lowest BCUT2D eigenvalue weighted by Crippen LogP contribution is -2.09. The largest absolute Gasteiger partial charge is 0.162 e. The number of alkyl halides is 1. The highest BCUT2D eigenvalue weighted by atomic mass is 127. The van der Waals surface area contributed by atoms with Gasteiger partial charge in [0.2, 0.25) is 0 Å². The van der Waals surface area contributed by atoms with Gasteiger partial charge in [0.15, 0.2) is 0 Å². The molecule has 48 valence electrons. The summed E-state index contributed by atoms with van der Waals surface area (Å²) in [5, 5.41) is 0. The van der Waals surface area contributed by atoms with Crippen LogP contribution in [0, 0.1) is 5.92 Å². The Balaban J connectivity index is 2.13. The molecular weight excluding hydrogens is 231 g/mol. The van der Waals surface area contributed by atoms with Gasteiger partial charge in [-0.3, -0.25) is 0 Å². The zero-order chi connectivity index (χ0) is 5.82. The fourth-order valence-electron chi connectivity index (χ4n) is 0.901. The Morgan fingerprint density at radius 3 is 2.38 bits per heavy atom. The molecule has 0 unspecified atom stereocenters. The summed E-state index contributed by atoms with van der Waals surface area (Å²) in [4.78, 5) is 0. The second-order valence-corrected chi connectivity index (χ2v) is 4.32. The summed E-state index contributed by atoms with van der Waals surface area (Å²) in [5.74, 6) is 3.87. The van der Waals surface area contributed by atoms with Crippen LogP contribution >= 0.6 is 34.4 Å². The van der Waals surface area contributed by atoms with E-state index in [1.54, 1.807) is 0 Å². The molecule has 0 atom stereocenters. The van der Waals surface area contributed by atoms with Crippen LogP contribution in [0.15, 0.2) is 0 Å². The maximum atomic E-state index is 2.50. The third-order valence-electron chi connectivity index (χ3n) is 1.56. The summed E-state index contributed by atoms with van der Waals surface area (Å²) >= 11 is 4.61. The third-order valence-corrected chi connectivity index (χ3v) is 3.85. The van der Waals surface area contributed by atoms with Crippen LogP contribution in [-0.4, -0.2) is 15.9 Å². The van der Waals surface area contributed by atoms with Crippen LogP contribution in [0.1, 0.15) is 12.8 Å². The monoisotopic (exact) mass is 242 g/mol. The van der Waals surface area contributed by atoms with E-state index < -0.39 is 0 Å². The fraction of sp³-hybridized carbons (Fsp3) is 1.00. The molecule has 1 aliphatic rings. The van der Waals surface area contributed by atoms with Gasteiger partial charge in [0, 0.05) is 4.43 Å². The van der Waals surface area contributed by atoms with Crippen molar-refractivity contribution in [1.29, 1.82) is 0 Å². The predicted molar refractivity (Wildman–Crippen MR) is 48.9 cm³/mol. The number of hydrogen-bond donors (Lipinski definition) is 0. The Bertz CT molecular complexity index is 59.5. The fourth-order valence-corrected chi connectivity index (χ4v) is 2.99. The molecule has 0 radical (unpaired) electrons. The van der Waals surface area contributed by atoms with E-state index in [2.05, 4.69) is 34.4 Å². The van der Waals surface area contributed by atoms with Gasteiger partial charge in [-0.15, -0.1) is 0 Å². The molecule has 1 fully saturated rings. The molecule has 1 saturated heterocycles. The minimum absolute atomic E-state index is 1.05. The standard InChI is InChI=1S/C6H11IS/c7-5-6-1-3-8-4-2-6/h6H,1-5H2. The molecule has 1 rings (SSSR count). The third kappa shape index (κ3) is 2.13. The number of thioether (sulfide) groups is 1. The first kappa shape index (κ1) is 7.19. The quantitative estimate of drug-likeness (QED) is 0.503. The van der Waals surface area contributed by atoms with Gasteiger partial charge in [0.1, 0.15) is 0 Å². The van der Waals surface area contributed by atoms with Crippen LogP contribution in [0.25, 0.3) is 0 Å². The van der Waals surface area contributed by atoms with Gasteiger partial charge in [-0.1, -0.05) is 22.6 Å². The number of hydrogen-bond acceptors (Lipinski definition) is 1. The van der Waals surface area contributed by atoms with Gasteiger partial charge in [-0.2, -0.15) is 11.8 Å². The summed E-state index contributed by atoms with van der Waals surface area (Å²) in [6.07, 6.45) is 2.93. The first-order chi connectivity index (χ1) is 3.93. The van der Waals surface area contributed by atoms with E-state index in [0.29, 0.717) is 0 Å². The Labute approximate surface area is 68.9 Å². The molecule has 8 heavy (non-hydrogen) atoms. The van der Waals surface area contributed by atoms with Crippen molar-refractivity contribution in [3.8, 4) is 0 Å². The van der Waals surface area contributed by atoms with Crippen molar-refractivity contribution < 1.29 is 0 Å². The van der Waals surface area contributed by atoms with Gasteiger partial charge < -0.3 is 0 Å². The van der Waals surface area contributed by atoms with E-state index in [0.717, 1.165) is 5.92 Å². The molecule has 0 bridgehead atoms. The molecular formula is C6H11IS. The molecule has 0 aromatic rings. The van der Waals surface area contributed by atoms with Crippen molar-refractivity contribution in [3.05, 3.63) is 0 Å². The molecule has 1 aliphatic heterocycles. The van der Waals surface area contributed by atoms with Crippen LogP contribution in [0.2, 0.25) is 0 Å². The lowest BCUT2D eigenvalue weighted by molar-refractivity contribution is 0.558. The highest BCUT2D eigenvalue weighted by Gasteiger charge is 2.10. The summed E-state index contributed by atoms with van der Waals surface area (Å²) in [6.45, 7) is 0. The van der Waals surface area contributed by atoms with Crippen molar-refractivity contribution in [3.63, 3.8) is 0 Å². The van der Waals surface area contributed by atoms with E-state index >= 15 is 0 Å². The highest BCUT2D eigenvalue weighted by molar-refractivity contribution is 14.1. The van der Waals surface area contributed by atoms with Crippen molar-refractivity contribution in [2.75, 3.05) is 15.9 Å². The summed E-state index contributed by atoms with van der Waals surface area (Å²) in [7, 11) is 0. The molecule has 0 N–H and O–H groups in total. The first-order valence-corrected chi connectivity index (χ1v) is 5.75. The maximum Gasteiger partial charge on any atom is 0.00242 e. The average Bonchev–Trinajstić information content (AvgIpc) is 1.90. The minimum atomic E-state index is 1.05. The van der Waals surface area contributed by atoms with Crippen molar-refractivity contribution in [1.82, 2.24) is 0 Å². The van der Waals surface area contributed by atoms with Crippen molar-refractivity contribution in [2.24, 2.45) is 5.92 Å². The topological polar surface area (TPSA) is 0 Å². The van der Waals surface area contributed by atoms with Crippen LogP contribution < -0.4 is 0 Å². The number of halogens is 1. The second kappa shape index (κ2) is 3.99. The molecule has 0 spiro atoms. The smallest absolute Gasteiger partial charge is 0.00242 e. The van der Waals surface area contributed by atoms with Gasteiger partial charge in [0.25, 0.3) is 0 Å². The zero-order valence-electron chi connectivity index (χ0n) is 4.90. The van der Waals surface area contributed by atoms with Gasteiger partial charge in [-0.25, -0.2) is 0 Å². The van der Waals surface area contributed by atoms with E-state index in [4.69, 9.17) is 0 Å². The lowest BCUT2D eigenvalue weighted by Gasteiger charge is -2.17. The molecule has 0 aromatic carbocycles. The van der Waals surface area contributed by atoms with Gasteiger partial charge in [0.05, 0.1) is 0 Å². The van der Waals surface area contributed by atoms with E-state index in [9.17, 15) is 0 Å². The lowest BCUT2D eigenvalue weighted by atomic mass is 10.1. The maximum absolute atomic E-state index is 2.50. The van der Waals surface area contributed by atoms with E-state index in [1.165, 1.54) is 28.8 Å². The Hall–Kier alpha value is 1.08. The van der Waals surface area contributed by atoms with Crippen molar-refractivity contribution >= 4 is 34.4 Å². The molecule has 0 amide bonds.